The highest BCUT2D eigenvalue weighted by Gasteiger charge is 2.03. The predicted octanol–water partition coefficient (Wildman–Crippen LogP) is 3.04. The van der Waals surface area contributed by atoms with Gasteiger partial charge in [-0.15, -0.1) is 0 Å². The number of para-hydroxylation sites is 1. The van der Waals surface area contributed by atoms with E-state index in [9.17, 15) is 4.39 Å². The maximum Gasteiger partial charge on any atom is 0.146 e. The van der Waals surface area contributed by atoms with E-state index in [1.165, 1.54) is 6.07 Å². The summed E-state index contributed by atoms with van der Waals surface area (Å²) in [5.41, 5.74) is 1.59. The van der Waals surface area contributed by atoms with E-state index >= 15 is 0 Å². The van der Waals surface area contributed by atoms with Crippen LogP contribution in [-0.4, -0.2) is 9.78 Å². The van der Waals surface area contributed by atoms with Gasteiger partial charge in [0.15, 0.2) is 0 Å². The summed E-state index contributed by atoms with van der Waals surface area (Å²) in [6, 6.07) is 8.63. The third kappa shape index (κ3) is 2.84. The van der Waals surface area contributed by atoms with Gasteiger partial charge in [0.05, 0.1) is 17.9 Å². The van der Waals surface area contributed by atoms with Gasteiger partial charge in [0, 0.05) is 12.7 Å². The summed E-state index contributed by atoms with van der Waals surface area (Å²) in [7, 11) is 0. The van der Waals surface area contributed by atoms with Gasteiger partial charge in [-0.3, -0.25) is 4.68 Å². The van der Waals surface area contributed by atoms with Gasteiger partial charge in [0.25, 0.3) is 0 Å². The molecule has 0 saturated carbocycles. The summed E-state index contributed by atoms with van der Waals surface area (Å²) in [6.45, 7) is 3.58. The molecule has 17 heavy (non-hydrogen) atoms. The topological polar surface area (TPSA) is 29.9 Å². The van der Waals surface area contributed by atoms with E-state index in [1.807, 2.05) is 16.8 Å². The first-order chi connectivity index (χ1) is 8.31. The number of hydrogen-bond donors (Lipinski definition) is 1. The highest BCUT2D eigenvalue weighted by atomic mass is 19.1. The SMILES string of the molecule is CCCn1nccc1CNc1ccccc1F. The average Bonchev–Trinajstić information content (AvgIpc) is 2.76. The zero-order chi connectivity index (χ0) is 12.1. The molecule has 0 aliphatic heterocycles. The van der Waals surface area contributed by atoms with Crippen molar-refractivity contribution in [1.29, 1.82) is 0 Å². The lowest BCUT2D eigenvalue weighted by atomic mass is 10.3. The molecule has 0 radical (unpaired) electrons. The Labute approximate surface area is 100 Å². The first kappa shape index (κ1) is 11.6. The molecule has 0 saturated heterocycles. The molecule has 0 aliphatic rings. The van der Waals surface area contributed by atoms with Crippen molar-refractivity contribution in [3.8, 4) is 0 Å². The Morgan fingerprint density at radius 1 is 1.29 bits per heavy atom. The number of aryl methyl sites for hydroxylation is 1. The predicted molar refractivity (Wildman–Crippen MR) is 66.2 cm³/mol. The summed E-state index contributed by atoms with van der Waals surface area (Å²) in [5, 5.41) is 7.30. The Bertz CT molecular complexity index is 479. The summed E-state index contributed by atoms with van der Waals surface area (Å²) >= 11 is 0. The minimum atomic E-state index is -0.228. The third-order valence-corrected chi connectivity index (χ3v) is 2.57. The lowest BCUT2D eigenvalue weighted by Gasteiger charge is -2.09. The van der Waals surface area contributed by atoms with E-state index in [4.69, 9.17) is 0 Å². The Hall–Kier alpha value is -1.84. The van der Waals surface area contributed by atoms with E-state index in [2.05, 4.69) is 17.3 Å². The molecule has 0 unspecified atom stereocenters. The lowest BCUT2D eigenvalue weighted by Crippen LogP contribution is -2.09. The fourth-order valence-electron chi connectivity index (χ4n) is 1.71. The quantitative estimate of drug-likeness (QED) is 0.860. The van der Waals surface area contributed by atoms with Crippen molar-refractivity contribution in [2.45, 2.75) is 26.4 Å². The second-order valence-electron chi connectivity index (χ2n) is 3.88. The average molecular weight is 233 g/mol. The van der Waals surface area contributed by atoms with Crippen LogP contribution in [0.2, 0.25) is 0 Å². The number of nitrogens with zero attached hydrogens (tertiary/aromatic N) is 2. The molecule has 1 N–H and O–H groups in total. The van der Waals surface area contributed by atoms with E-state index < -0.39 is 0 Å². The normalized spacial score (nSPS) is 10.5. The molecule has 3 nitrogen and oxygen atoms in total. The second-order valence-corrected chi connectivity index (χ2v) is 3.88. The van der Waals surface area contributed by atoms with Crippen molar-refractivity contribution in [2.24, 2.45) is 0 Å². The Kier molecular flexibility index (Phi) is 3.75. The van der Waals surface area contributed by atoms with Gasteiger partial charge < -0.3 is 5.32 Å². The number of halogens is 1. The zero-order valence-corrected chi connectivity index (χ0v) is 9.86. The minimum absolute atomic E-state index is 0.228. The first-order valence-electron chi connectivity index (χ1n) is 5.80. The second kappa shape index (κ2) is 5.48. The third-order valence-electron chi connectivity index (χ3n) is 2.57. The summed E-state index contributed by atoms with van der Waals surface area (Å²) in [4.78, 5) is 0. The van der Waals surface area contributed by atoms with Gasteiger partial charge in [0.2, 0.25) is 0 Å². The Morgan fingerprint density at radius 3 is 2.88 bits per heavy atom. The number of hydrogen-bond acceptors (Lipinski definition) is 2. The minimum Gasteiger partial charge on any atom is -0.377 e. The van der Waals surface area contributed by atoms with Gasteiger partial charge in [-0.2, -0.15) is 5.10 Å². The molecule has 2 rings (SSSR count). The van der Waals surface area contributed by atoms with Gasteiger partial charge in [0.1, 0.15) is 5.82 Å². The standard InChI is InChI=1S/C13H16FN3/c1-2-9-17-11(7-8-16-17)10-15-13-6-4-3-5-12(13)14/h3-8,15H,2,9-10H2,1H3. The largest absolute Gasteiger partial charge is 0.377 e. The molecular formula is C13H16FN3. The van der Waals surface area contributed by atoms with Crippen LogP contribution < -0.4 is 5.32 Å². The van der Waals surface area contributed by atoms with Crippen LogP contribution in [0.4, 0.5) is 10.1 Å². The molecule has 0 bridgehead atoms. The molecular weight excluding hydrogens is 217 g/mol. The van der Waals surface area contributed by atoms with Crippen molar-refractivity contribution >= 4 is 5.69 Å². The van der Waals surface area contributed by atoms with Crippen LogP contribution in [0, 0.1) is 5.82 Å². The van der Waals surface area contributed by atoms with Crippen LogP contribution in [0.5, 0.6) is 0 Å². The monoisotopic (exact) mass is 233 g/mol. The molecule has 1 aromatic heterocycles. The van der Waals surface area contributed by atoms with Crippen LogP contribution in [0.3, 0.4) is 0 Å². The van der Waals surface area contributed by atoms with Crippen LogP contribution in [0.1, 0.15) is 19.0 Å². The zero-order valence-electron chi connectivity index (χ0n) is 9.86. The molecule has 0 atom stereocenters. The fraction of sp³-hybridized carbons (Fsp3) is 0.308. The molecule has 1 heterocycles. The number of benzene rings is 1. The van der Waals surface area contributed by atoms with Crippen molar-refractivity contribution < 1.29 is 4.39 Å². The van der Waals surface area contributed by atoms with Gasteiger partial charge in [-0.05, 0) is 24.6 Å². The maximum absolute atomic E-state index is 13.4. The van der Waals surface area contributed by atoms with Gasteiger partial charge in [-0.1, -0.05) is 19.1 Å². The summed E-state index contributed by atoms with van der Waals surface area (Å²) < 4.78 is 15.3. The molecule has 2 aromatic rings. The number of nitrogens with one attached hydrogen (secondary N) is 1. The molecule has 1 aromatic carbocycles. The van der Waals surface area contributed by atoms with E-state index in [0.717, 1.165) is 18.7 Å². The molecule has 0 amide bonds. The smallest absolute Gasteiger partial charge is 0.146 e. The number of anilines is 1. The van der Waals surface area contributed by atoms with Crippen LogP contribution in [0.15, 0.2) is 36.5 Å². The van der Waals surface area contributed by atoms with Crippen LogP contribution in [0.25, 0.3) is 0 Å². The van der Waals surface area contributed by atoms with Crippen molar-refractivity contribution in [3.63, 3.8) is 0 Å². The maximum atomic E-state index is 13.4. The van der Waals surface area contributed by atoms with Crippen molar-refractivity contribution in [1.82, 2.24) is 9.78 Å². The highest BCUT2D eigenvalue weighted by Crippen LogP contribution is 2.13. The van der Waals surface area contributed by atoms with E-state index in [1.54, 1.807) is 18.3 Å². The molecule has 0 aliphatic carbocycles. The lowest BCUT2D eigenvalue weighted by molar-refractivity contribution is 0.577. The Balaban J connectivity index is 2.02. The highest BCUT2D eigenvalue weighted by molar-refractivity contribution is 5.44. The van der Waals surface area contributed by atoms with Crippen LogP contribution >= 0.6 is 0 Å². The molecule has 4 heteroatoms. The number of rotatable bonds is 5. The van der Waals surface area contributed by atoms with Crippen molar-refractivity contribution in [2.75, 3.05) is 5.32 Å². The molecule has 0 fully saturated rings. The van der Waals surface area contributed by atoms with E-state index in [-0.39, 0.29) is 5.82 Å². The van der Waals surface area contributed by atoms with Crippen LogP contribution in [-0.2, 0) is 13.1 Å². The molecule has 0 spiro atoms. The van der Waals surface area contributed by atoms with Gasteiger partial charge in [-0.25, -0.2) is 4.39 Å². The van der Waals surface area contributed by atoms with Gasteiger partial charge >= 0.3 is 0 Å². The first-order valence-corrected chi connectivity index (χ1v) is 5.80. The molecule has 90 valence electrons. The summed E-state index contributed by atoms with van der Waals surface area (Å²) in [5.74, 6) is -0.228. The fourth-order valence-corrected chi connectivity index (χ4v) is 1.71. The number of aromatic nitrogens is 2. The van der Waals surface area contributed by atoms with E-state index in [0.29, 0.717) is 12.2 Å². The summed E-state index contributed by atoms with van der Waals surface area (Å²) in [6.07, 6.45) is 2.81. The Morgan fingerprint density at radius 2 is 2.12 bits per heavy atom. The van der Waals surface area contributed by atoms with Crippen molar-refractivity contribution in [3.05, 3.63) is 48.0 Å².